The number of halogens is 2. The summed E-state index contributed by atoms with van der Waals surface area (Å²) >= 11 is 0. The summed E-state index contributed by atoms with van der Waals surface area (Å²) in [4.78, 5) is 18.9. The van der Waals surface area contributed by atoms with Gasteiger partial charge >= 0.3 is 0 Å². The zero-order chi connectivity index (χ0) is 17.4. The second kappa shape index (κ2) is 6.51. The molecule has 1 aromatic heterocycles. The number of hydrogen-bond acceptors (Lipinski definition) is 4. The zero-order valence-electron chi connectivity index (χ0n) is 13.5. The maximum absolute atomic E-state index is 13.5. The van der Waals surface area contributed by atoms with E-state index in [9.17, 15) is 13.6 Å². The van der Waals surface area contributed by atoms with Gasteiger partial charge < -0.3 is 9.64 Å². The van der Waals surface area contributed by atoms with Gasteiger partial charge in [0.05, 0.1) is 12.0 Å². The summed E-state index contributed by atoms with van der Waals surface area (Å²) in [7, 11) is 0. The van der Waals surface area contributed by atoms with E-state index in [0.29, 0.717) is 31.7 Å². The van der Waals surface area contributed by atoms with E-state index in [-0.39, 0.29) is 17.7 Å². The van der Waals surface area contributed by atoms with Crippen LogP contribution < -0.4 is 0 Å². The Kier molecular flexibility index (Phi) is 4.20. The highest BCUT2D eigenvalue weighted by Crippen LogP contribution is 2.37. The number of carbonyl (C=O) groups excluding carboxylic acids is 1. The third kappa shape index (κ3) is 3.02. The lowest BCUT2D eigenvalue weighted by atomic mass is 9.94. The van der Waals surface area contributed by atoms with Crippen LogP contribution in [0.4, 0.5) is 8.78 Å². The van der Waals surface area contributed by atoms with E-state index in [2.05, 4.69) is 15.2 Å². The lowest BCUT2D eigenvalue weighted by Gasteiger charge is -2.24. The molecular weight excluding hydrogens is 330 g/mol. The third-order valence-corrected chi connectivity index (χ3v) is 5.00. The van der Waals surface area contributed by atoms with Gasteiger partial charge in [0, 0.05) is 25.6 Å². The van der Waals surface area contributed by atoms with Crippen molar-refractivity contribution in [2.45, 2.75) is 24.9 Å². The monoisotopic (exact) mass is 348 g/mol. The second-order valence-electron chi connectivity index (χ2n) is 6.50. The fourth-order valence-corrected chi connectivity index (χ4v) is 3.69. The summed E-state index contributed by atoms with van der Waals surface area (Å²) in [5, 5.41) is 6.71. The quantitative estimate of drug-likeness (QED) is 0.923. The number of hydrogen-bond donors (Lipinski definition) is 1. The van der Waals surface area contributed by atoms with Gasteiger partial charge in [-0.25, -0.2) is 13.8 Å². The first kappa shape index (κ1) is 16.1. The third-order valence-electron chi connectivity index (χ3n) is 5.00. The summed E-state index contributed by atoms with van der Waals surface area (Å²) in [5.41, 5.74) is 0.501. The number of amides is 1. The largest absolute Gasteiger partial charge is 0.373 e. The van der Waals surface area contributed by atoms with E-state index < -0.39 is 17.7 Å². The number of ether oxygens (including phenoxy) is 1. The molecule has 0 radical (unpaired) electrons. The molecule has 0 spiro atoms. The summed E-state index contributed by atoms with van der Waals surface area (Å²) in [6.45, 7) is 1.65. The van der Waals surface area contributed by atoms with Crippen LogP contribution in [0.3, 0.4) is 0 Å². The second-order valence-corrected chi connectivity index (χ2v) is 6.50. The summed E-state index contributed by atoms with van der Waals surface area (Å²) in [6, 6.07) is 3.67. The Morgan fingerprint density at radius 3 is 2.92 bits per heavy atom. The molecule has 4 rings (SSSR count). The summed E-state index contributed by atoms with van der Waals surface area (Å²) in [6.07, 6.45) is 2.33. The van der Waals surface area contributed by atoms with Crippen molar-refractivity contribution < 1.29 is 18.3 Å². The fourth-order valence-electron chi connectivity index (χ4n) is 3.69. The molecule has 1 N–H and O–H groups in total. The van der Waals surface area contributed by atoms with Gasteiger partial charge in [0.2, 0.25) is 5.91 Å². The van der Waals surface area contributed by atoms with Gasteiger partial charge in [0.1, 0.15) is 12.2 Å². The fraction of sp³-hybridized carbons (Fsp3) is 0.471. The SMILES string of the molecule is O=C([C@@H]1CCO[C@H]1c1ccc(F)c(F)c1)N1CCC(c2ncn[nH]2)C1. The maximum Gasteiger partial charge on any atom is 0.228 e. The number of H-pyrrole nitrogens is 1. The molecule has 0 bridgehead atoms. The summed E-state index contributed by atoms with van der Waals surface area (Å²) < 4.78 is 32.3. The van der Waals surface area contributed by atoms with Crippen LogP contribution in [0.25, 0.3) is 0 Å². The molecule has 0 aliphatic carbocycles. The molecule has 2 aromatic rings. The topological polar surface area (TPSA) is 71.1 Å². The van der Waals surface area contributed by atoms with E-state index >= 15 is 0 Å². The van der Waals surface area contributed by atoms with Crippen LogP contribution in [0.15, 0.2) is 24.5 Å². The molecule has 1 amide bonds. The average molecular weight is 348 g/mol. The Morgan fingerprint density at radius 2 is 2.16 bits per heavy atom. The minimum Gasteiger partial charge on any atom is -0.373 e. The number of rotatable bonds is 3. The van der Waals surface area contributed by atoms with Gasteiger partial charge in [-0.3, -0.25) is 9.89 Å². The van der Waals surface area contributed by atoms with Gasteiger partial charge in [0.25, 0.3) is 0 Å². The first-order valence-corrected chi connectivity index (χ1v) is 8.34. The Bertz CT molecular complexity index is 768. The van der Waals surface area contributed by atoms with Gasteiger partial charge in [-0.15, -0.1) is 0 Å². The average Bonchev–Trinajstić information content (AvgIpc) is 3.36. The standard InChI is InChI=1S/C17H18F2N4O2/c18-13-2-1-10(7-14(13)19)15-12(4-6-25-15)17(24)23-5-3-11(8-23)16-20-9-21-22-16/h1-2,7,9,11-12,15H,3-6,8H2,(H,20,21,22)/t11?,12-,15+/m1/s1. The molecule has 132 valence electrons. The van der Waals surface area contributed by atoms with Gasteiger partial charge in [-0.2, -0.15) is 5.10 Å². The molecule has 8 heteroatoms. The highest BCUT2D eigenvalue weighted by Gasteiger charge is 2.40. The minimum absolute atomic E-state index is 0.00533. The molecule has 2 aliphatic heterocycles. The van der Waals surface area contributed by atoms with Crippen LogP contribution in [0.1, 0.15) is 36.3 Å². The number of nitrogens with one attached hydrogen (secondary N) is 1. The molecule has 2 fully saturated rings. The lowest BCUT2D eigenvalue weighted by Crippen LogP contribution is -2.35. The Labute approximate surface area is 143 Å². The molecule has 25 heavy (non-hydrogen) atoms. The predicted octanol–water partition coefficient (Wildman–Crippen LogP) is 2.18. The number of aromatic amines is 1. The molecule has 1 unspecified atom stereocenters. The van der Waals surface area contributed by atoms with E-state index in [1.807, 2.05) is 0 Å². The van der Waals surface area contributed by atoms with Crippen molar-refractivity contribution in [3.05, 3.63) is 47.5 Å². The smallest absolute Gasteiger partial charge is 0.228 e. The molecular formula is C17H18F2N4O2. The Balaban J connectivity index is 1.48. The lowest BCUT2D eigenvalue weighted by molar-refractivity contribution is -0.136. The van der Waals surface area contributed by atoms with Crippen molar-refractivity contribution in [3.8, 4) is 0 Å². The first-order valence-electron chi connectivity index (χ1n) is 8.34. The van der Waals surface area contributed by atoms with Crippen molar-refractivity contribution in [2.75, 3.05) is 19.7 Å². The normalized spacial score (nSPS) is 26.3. The highest BCUT2D eigenvalue weighted by atomic mass is 19.2. The number of nitrogens with zero attached hydrogens (tertiary/aromatic N) is 3. The number of benzene rings is 1. The van der Waals surface area contributed by atoms with Crippen molar-refractivity contribution in [1.82, 2.24) is 20.1 Å². The van der Waals surface area contributed by atoms with Crippen LogP contribution in [0.2, 0.25) is 0 Å². The van der Waals surface area contributed by atoms with Crippen molar-refractivity contribution in [1.29, 1.82) is 0 Å². The molecule has 0 saturated carbocycles. The van der Waals surface area contributed by atoms with E-state index in [1.54, 1.807) is 4.90 Å². The predicted molar refractivity (Wildman–Crippen MR) is 83.5 cm³/mol. The van der Waals surface area contributed by atoms with Gasteiger partial charge in [-0.05, 0) is 30.5 Å². The minimum atomic E-state index is -0.925. The zero-order valence-corrected chi connectivity index (χ0v) is 13.5. The van der Waals surface area contributed by atoms with Crippen LogP contribution in [-0.2, 0) is 9.53 Å². The maximum atomic E-state index is 13.5. The van der Waals surface area contributed by atoms with E-state index in [0.717, 1.165) is 24.4 Å². The first-order chi connectivity index (χ1) is 12.1. The van der Waals surface area contributed by atoms with Gasteiger partial charge in [-0.1, -0.05) is 6.07 Å². The van der Waals surface area contributed by atoms with Crippen LogP contribution in [0, 0.1) is 17.6 Å². The number of likely N-dealkylation sites (tertiary alicyclic amines) is 1. The summed E-state index contributed by atoms with van der Waals surface area (Å²) in [5.74, 6) is -1.27. The van der Waals surface area contributed by atoms with Crippen molar-refractivity contribution >= 4 is 5.91 Å². The molecule has 1 aromatic carbocycles. The molecule has 6 nitrogen and oxygen atoms in total. The molecule has 2 saturated heterocycles. The van der Waals surface area contributed by atoms with E-state index in [4.69, 9.17) is 4.74 Å². The Hall–Kier alpha value is -2.35. The van der Waals surface area contributed by atoms with Crippen molar-refractivity contribution in [2.24, 2.45) is 5.92 Å². The van der Waals surface area contributed by atoms with Crippen LogP contribution in [-0.4, -0.2) is 45.7 Å². The van der Waals surface area contributed by atoms with Crippen molar-refractivity contribution in [3.63, 3.8) is 0 Å². The number of aromatic nitrogens is 3. The van der Waals surface area contributed by atoms with E-state index in [1.165, 1.54) is 12.4 Å². The highest BCUT2D eigenvalue weighted by molar-refractivity contribution is 5.80. The molecule has 2 aliphatic rings. The Morgan fingerprint density at radius 1 is 1.28 bits per heavy atom. The molecule has 3 atom stereocenters. The van der Waals surface area contributed by atoms with Crippen LogP contribution >= 0.6 is 0 Å². The van der Waals surface area contributed by atoms with Crippen LogP contribution in [0.5, 0.6) is 0 Å². The number of carbonyl (C=O) groups is 1. The molecule has 3 heterocycles. The van der Waals surface area contributed by atoms with Gasteiger partial charge in [0.15, 0.2) is 11.6 Å².